The lowest BCUT2D eigenvalue weighted by atomic mass is 10.0. The summed E-state index contributed by atoms with van der Waals surface area (Å²) in [6.07, 6.45) is 4.84. The first-order valence-corrected chi connectivity index (χ1v) is 8.02. The Morgan fingerprint density at radius 1 is 1.19 bits per heavy atom. The summed E-state index contributed by atoms with van der Waals surface area (Å²) in [5, 5.41) is 3.44. The molecule has 1 N–H and O–H groups in total. The zero-order valence-corrected chi connectivity index (χ0v) is 12.5. The number of fused-ring (bicyclic) bond motifs is 1. The lowest BCUT2D eigenvalue weighted by molar-refractivity contribution is 0.132. The van der Waals surface area contributed by atoms with E-state index in [2.05, 4.69) is 20.2 Å². The summed E-state index contributed by atoms with van der Waals surface area (Å²) in [6, 6.07) is 4.97. The summed E-state index contributed by atoms with van der Waals surface area (Å²) in [7, 11) is 0. The first kappa shape index (κ1) is 13.2. The van der Waals surface area contributed by atoms with E-state index >= 15 is 0 Å². The molecule has 0 aromatic carbocycles. The van der Waals surface area contributed by atoms with Crippen molar-refractivity contribution in [3.8, 4) is 0 Å². The molecule has 4 rings (SSSR count). The molecule has 0 radical (unpaired) electrons. The van der Waals surface area contributed by atoms with Gasteiger partial charge in [-0.1, -0.05) is 0 Å². The van der Waals surface area contributed by atoms with Gasteiger partial charge in [0.05, 0.1) is 6.04 Å². The Morgan fingerprint density at radius 3 is 2.90 bits per heavy atom. The van der Waals surface area contributed by atoms with Crippen molar-refractivity contribution >= 4 is 11.2 Å². The van der Waals surface area contributed by atoms with Crippen molar-refractivity contribution in [3.63, 3.8) is 0 Å². The molecule has 112 valence electrons. The average Bonchev–Trinajstić information content (AvgIpc) is 3.13. The SMILES string of the molecule is Cc1ccc2oc(C3CCCN3C3CCNCC3)nc2n1. The normalized spacial score (nSPS) is 24.9. The van der Waals surface area contributed by atoms with E-state index in [1.54, 1.807) is 0 Å². The predicted molar refractivity (Wildman–Crippen MR) is 81.1 cm³/mol. The molecule has 2 aromatic heterocycles. The largest absolute Gasteiger partial charge is 0.437 e. The highest BCUT2D eigenvalue weighted by Crippen LogP contribution is 2.36. The molecule has 21 heavy (non-hydrogen) atoms. The van der Waals surface area contributed by atoms with Crippen LogP contribution in [0.3, 0.4) is 0 Å². The van der Waals surface area contributed by atoms with E-state index < -0.39 is 0 Å². The molecule has 0 spiro atoms. The van der Waals surface area contributed by atoms with Crippen LogP contribution in [0.1, 0.15) is 43.3 Å². The van der Waals surface area contributed by atoms with E-state index in [0.29, 0.717) is 12.1 Å². The fourth-order valence-corrected chi connectivity index (χ4v) is 3.70. The molecule has 1 atom stereocenters. The van der Waals surface area contributed by atoms with Gasteiger partial charge in [0.1, 0.15) is 0 Å². The molecule has 2 aliphatic rings. The van der Waals surface area contributed by atoms with Crippen LogP contribution in [-0.2, 0) is 0 Å². The van der Waals surface area contributed by atoms with Crippen LogP contribution < -0.4 is 5.32 Å². The Bertz CT molecular complexity index is 632. The van der Waals surface area contributed by atoms with Gasteiger partial charge in [0.25, 0.3) is 0 Å². The number of aryl methyl sites for hydroxylation is 1. The second kappa shape index (κ2) is 5.39. The highest BCUT2D eigenvalue weighted by molar-refractivity contribution is 5.67. The topological polar surface area (TPSA) is 54.2 Å². The number of piperidine rings is 1. The maximum atomic E-state index is 6.00. The minimum absolute atomic E-state index is 0.336. The maximum absolute atomic E-state index is 6.00. The first-order valence-electron chi connectivity index (χ1n) is 8.02. The predicted octanol–water partition coefficient (Wildman–Crippen LogP) is 2.42. The van der Waals surface area contributed by atoms with Gasteiger partial charge in [-0.3, -0.25) is 4.90 Å². The minimum Gasteiger partial charge on any atom is -0.437 e. The lowest BCUT2D eigenvalue weighted by Gasteiger charge is -2.34. The van der Waals surface area contributed by atoms with Crippen molar-refractivity contribution in [2.24, 2.45) is 0 Å². The Balaban J connectivity index is 1.63. The van der Waals surface area contributed by atoms with Crippen LogP contribution >= 0.6 is 0 Å². The van der Waals surface area contributed by atoms with Crippen molar-refractivity contribution in [2.75, 3.05) is 19.6 Å². The molecule has 0 aliphatic carbocycles. The standard InChI is InChI=1S/C16H22N4O/c1-11-4-5-14-15(18-11)19-16(21-14)13-3-2-10-20(13)12-6-8-17-9-7-12/h4-5,12-13,17H,2-3,6-10H2,1H3. The number of hydrogen-bond donors (Lipinski definition) is 1. The third kappa shape index (κ3) is 2.45. The Labute approximate surface area is 124 Å². The molecule has 1 unspecified atom stereocenters. The maximum Gasteiger partial charge on any atom is 0.214 e. The van der Waals surface area contributed by atoms with Crippen molar-refractivity contribution in [1.82, 2.24) is 20.2 Å². The van der Waals surface area contributed by atoms with Gasteiger partial charge in [0, 0.05) is 11.7 Å². The number of likely N-dealkylation sites (tertiary alicyclic amines) is 1. The minimum atomic E-state index is 0.336. The third-order valence-electron chi connectivity index (χ3n) is 4.77. The monoisotopic (exact) mass is 286 g/mol. The number of nitrogens with one attached hydrogen (secondary N) is 1. The fourth-order valence-electron chi connectivity index (χ4n) is 3.70. The summed E-state index contributed by atoms with van der Waals surface area (Å²) >= 11 is 0. The van der Waals surface area contributed by atoms with Crippen molar-refractivity contribution in [3.05, 3.63) is 23.7 Å². The van der Waals surface area contributed by atoms with E-state index in [4.69, 9.17) is 4.42 Å². The van der Waals surface area contributed by atoms with Gasteiger partial charge in [0.2, 0.25) is 5.89 Å². The molecule has 5 nitrogen and oxygen atoms in total. The van der Waals surface area contributed by atoms with E-state index in [-0.39, 0.29) is 0 Å². The second-order valence-corrected chi connectivity index (χ2v) is 6.20. The van der Waals surface area contributed by atoms with Crippen molar-refractivity contribution < 1.29 is 4.42 Å². The van der Waals surface area contributed by atoms with Crippen LogP contribution in [0.2, 0.25) is 0 Å². The van der Waals surface area contributed by atoms with Gasteiger partial charge in [-0.15, -0.1) is 0 Å². The number of nitrogens with zero attached hydrogens (tertiary/aromatic N) is 3. The summed E-state index contributed by atoms with van der Waals surface area (Å²) in [4.78, 5) is 11.7. The van der Waals surface area contributed by atoms with Gasteiger partial charge in [0.15, 0.2) is 11.2 Å². The highest BCUT2D eigenvalue weighted by atomic mass is 16.4. The number of pyridine rings is 1. The van der Waals surface area contributed by atoms with Crippen molar-refractivity contribution in [2.45, 2.75) is 44.7 Å². The quantitative estimate of drug-likeness (QED) is 0.919. The summed E-state index contributed by atoms with van der Waals surface area (Å²) < 4.78 is 6.00. The van der Waals surface area contributed by atoms with Crippen molar-refractivity contribution in [1.29, 1.82) is 0 Å². The van der Waals surface area contributed by atoms with Gasteiger partial charge in [-0.2, -0.15) is 4.98 Å². The smallest absolute Gasteiger partial charge is 0.214 e. The van der Waals surface area contributed by atoms with Crippen LogP contribution in [0.15, 0.2) is 16.5 Å². The van der Waals surface area contributed by atoms with Crippen LogP contribution in [0.25, 0.3) is 11.2 Å². The molecule has 0 bridgehead atoms. The Hall–Kier alpha value is -1.46. The summed E-state index contributed by atoms with van der Waals surface area (Å²) in [5.41, 5.74) is 2.55. The van der Waals surface area contributed by atoms with E-state index in [1.165, 1.54) is 25.8 Å². The highest BCUT2D eigenvalue weighted by Gasteiger charge is 2.35. The van der Waals surface area contributed by atoms with Crippen LogP contribution in [0.4, 0.5) is 0 Å². The zero-order chi connectivity index (χ0) is 14.2. The van der Waals surface area contributed by atoms with Gasteiger partial charge in [-0.25, -0.2) is 4.98 Å². The molecule has 2 saturated heterocycles. The zero-order valence-electron chi connectivity index (χ0n) is 12.5. The number of aromatic nitrogens is 2. The molecule has 2 aliphatic heterocycles. The molecule has 2 fully saturated rings. The van der Waals surface area contributed by atoms with E-state index in [1.807, 2.05) is 19.1 Å². The van der Waals surface area contributed by atoms with E-state index in [0.717, 1.165) is 42.3 Å². The number of hydrogen-bond acceptors (Lipinski definition) is 5. The van der Waals surface area contributed by atoms with E-state index in [9.17, 15) is 0 Å². The molecule has 4 heterocycles. The third-order valence-corrected chi connectivity index (χ3v) is 4.77. The lowest BCUT2D eigenvalue weighted by Crippen LogP contribution is -2.42. The van der Waals surface area contributed by atoms with Gasteiger partial charge in [-0.05, 0) is 64.4 Å². The Morgan fingerprint density at radius 2 is 2.05 bits per heavy atom. The molecular weight excluding hydrogens is 264 g/mol. The second-order valence-electron chi connectivity index (χ2n) is 6.20. The van der Waals surface area contributed by atoms with Crippen LogP contribution in [0, 0.1) is 6.92 Å². The molecular formula is C16H22N4O. The molecule has 0 saturated carbocycles. The first-order chi connectivity index (χ1) is 10.3. The van der Waals surface area contributed by atoms with Crippen LogP contribution in [0.5, 0.6) is 0 Å². The molecule has 2 aromatic rings. The van der Waals surface area contributed by atoms with Gasteiger partial charge >= 0.3 is 0 Å². The van der Waals surface area contributed by atoms with Crippen LogP contribution in [-0.4, -0.2) is 40.5 Å². The summed E-state index contributed by atoms with van der Waals surface area (Å²) in [6.45, 7) is 5.41. The Kier molecular flexibility index (Phi) is 3.39. The van der Waals surface area contributed by atoms with Gasteiger partial charge < -0.3 is 9.73 Å². The summed E-state index contributed by atoms with van der Waals surface area (Å²) in [5.74, 6) is 0.860. The number of oxazole rings is 1. The number of rotatable bonds is 2. The fraction of sp³-hybridized carbons (Fsp3) is 0.625. The average molecular weight is 286 g/mol. The molecule has 5 heteroatoms. The molecule has 0 amide bonds.